The molecule has 4 aliphatic heterocycles. The maximum absolute atomic E-state index is 14.6. The second-order valence-electron chi connectivity index (χ2n) is 8.92. The van der Waals surface area contributed by atoms with E-state index in [-0.39, 0.29) is 24.0 Å². The second kappa shape index (κ2) is 8.11. The smallest absolute Gasteiger partial charge is 0.227 e. The van der Waals surface area contributed by atoms with E-state index in [9.17, 15) is 9.18 Å². The highest BCUT2D eigenvalue weighted by Gasteiger charge is 2.42. The number of nitrogens with one attached hydrogen (secondary N) is 3. The molecule has 0 aromatic heterocycles. The topological polar surface area (TPSA) is 56.4 Å². The van der Waals surface area contributed by atoms with Crippen LogP contribution in [-0.2, 0) is 4.79 Å². The average Bonchev–Trinajstić information content (AvgIpc) is 3.03. The number of carbonyl (C=O) groups is 1. The summed E-state index contributed by atoms with van der Waals surface area (Å²) in [7, 11) is 0. The van der Waals surface area contributed by atoms with Gasteiger partial charge in [0.1, 0.15) is 6.17 Å². The molecular formula is C20H35FN4O. The molecule has 148 valence electrons. The third kappa shape index (κ3) is 3.78. The molecule has 6 heteroatoms. The van der Waals surface area contributed by atoms with E-state index in [1.165, 1.54) is 25.8 Å². The van der Waals surface area contributed by atoms with E-state index in [1.807, 2.05) is 0 Å². The van der Waals surface area contributed by atoms with Gasteiger partial charge in [-0.15, -0.1) is 0 Å². The number of carbonyl (C=O) groups excluding carboxylic acids is 1. The van der Waals surface area contributed by atoms with Crippen LogP contribution in [0.4, 0.5) is 4.39 Å². The molecule has 2 bridgehead atoms. The van der Waals surface area contributed by atoms with Gasteiger partial charge in [0, 0.05) is 24.7 Å². The summed E-state index contributed by atoms with van der Waals surface area (Å²) < 4.78 is 14.6. The highest BCUT2D eigenvalue weighted by molar-refractivity contribution is 5.80. The maximum Gasteiger partial charge on any atom is 0.227 e. The molecule has 6 unspecified atom stereocenters. The minimum atomic E-state index is -1.02. The number of fused-ring (bicyclic) bond motifs is 2. The van der Waals surface area contributed by atoms with Gasteiger partial charge in [0.15, 0.2) is 0 Å². The molecule has 4 rings (SSSR count). The Bertz CT molecular complexity index is 504. The molecule has 4 saturated heterocycles. The van der Waals surface area contributed by atoms with E-state index >= 15 is 0 Å². The highest BCUT2D eigenvalue weighted by atomic mass is 19.1. The molecule has 7 atom stereocenters. The van der Waals surface area contributed by atoms with Gasteiger partial charge < -0.3 is 10.6 Å². The van der Waals surface area contributed by atoms with Crippen molar-refractivity contribution in [3.8, 4) is 0 Å². The quantitative estimate of drug-likeness (QED) is 0.612. The molecule has 4 fully saturated rings. The summed E-state index contributed by atoms with van der Waals surface area (Å²) in [5, 5.41) is 10.4. The van der Waals surface area contributed by atoms with Crippen molar-refractivity contribution in [1.82, 2.24) is 20.9 Å². The van der Waals surface area contributed by atoms with E-state index in [4.69, 9.17) is 0 Å². The summed E-state index contributed by atoms with van der Waals surface area (Å²) >= 11 is 0. The van der Waals surface area contributed by atoms with Crippen molar-refractivity contribution in [2.75, 3.05) is 19.6 Å². The SMILES string of the molecule is C[C@H]1NC(=O)C2C(F)CCNC2CCCCCN2CCC3CCC1NC32. The van der Waals surface area contributed by atoms with Crippen molar-refractivity contribution in [1.29, 1.82) is 0 Å². The molecule has 4 aliphatic rings. The van der Waals surface area contributed by atoms with Crippen LogP contribution in [-0.4, -0.2) is 60.9 Å². The Labute approximate surface area is 156 Å². The van der Waals surface area contributed by atoms with Crippen LogP contribution in [0.3, 0.4) is 0 Å². The third-order valence-corrected chi connectivity index (χ3v) is 7.25. The van der Waals surface area contributed by atoms with Crippen molar-refractivity contribution in [3.05, 3.63) is 0 Å². The summed E-state index contributed by atoms with van der Waals surface area (Å²) in [6.07, 6.45) is 7.86. The van der Waals surface area contributed by atoms with E-state index in [0.717, 1.165) is 38.1 Å². The van der Waals surface area contributed by atoms with Crippen molar-refractivity contribution in [2.45, 2.75) is 88.8 Å². The van der Waals surface area contributed by atoms with Crippen LogP contribution in [0.25, 0.3) is 0 Å². The zero-order valence-electron chi connectivity index (χ0n) is 16.1. The van der Waals surface area contributed by atoms with Gasteiger partial charge in [-0.05, 0) is 64.5 Å². The minimum absolute atomic E-state index is 0.0166. The zero-order chi connectivity index (χ0) is 18.1. The lowest BCUT2D eigenvalue weighted by molar-refractivity contribution is -0.130. The average molecular weight is 367 g/mol. The Morgan fingerprint density at radius 2 is 1.88 bits per heavy atom. The molecule has 0 radical (unpaired) electrons. The fourth-order valence-electron chi connectivity index (χ4n) is 5.68. The maximum atomic E-state index is 14.6. The van der Waals surface area contributed by atoms with E-state index < -0.39 is 12.1 Å². The number of halogens is 1. The first-order chi connectivity index (χ1) is 12.6. The number of rotatable bonds is 0. The van der Waals surface area contributed by atoms with Crippen LogP contribution in [0, 0.1) is 11.8 Å². The predicted octanol–water partition coefficient (Wildman–Crippen LogP) is 1.78. The highest BCUT2D eigenvalue weighted by Crippen LogP contribution is 2.33. The Hall–Kier alpha value is -0.720. The summed E-state index contributed by atoms with van der Waals surface area (Å²) in [6, 6.07) is 0.317. The molecule has 1 amide bonds. The summed E-state index contributed by atoms with van der Waals surface area (Å²) in [6.45, 7) is 5.13. The lowest BCUT2D eigenvalue weighted by atomic mass is 9.84. The lowest BCUT2D eigenvalue weighted by Gasteiger charge is -2.41. The van der Waals surface area contributed by atoms with Crippen LogP contribution in [0.5, 0.6) is 0 Å². The molecule has 0 aromatic rings. The molecule has 5 nitrogen and oxygen atoms in total. The van der Waals surface area contributed by atoms with Gasteiger partial charge in [-0.1, -0.05) is 12.8 Å². The summed E-state index contributed by atoms with van der Waals surface area (Å²) in [4.78, 5) is 15.5. The number of amides is 1. The van der Waals surface area contributed by atoms with Gasteiger partial charge in [-0.25, -0.2) is 4.39 Å². The Kier molecular flexibility index (Phi) is 5.81. The van der Waals surface area contributed by atoms with E-state index in [0.29, 0.717) is 19.1 Å². The number of alkyl halides is 1. The van der Waals surface area contributed by atoms with Crippen molar-refractivity contribution in [3.63, 3.8) is 0 Å². The standard InChI is InChI=1S/C20H35FN4O/c1-13-16-7-6-14-9-12-25(19(14)24-16)11-4-2-3-5-17-18(20(26)23-13)15(21)8-10-22-17/h13-19,22,24H,2-12H2,1H3,(H,23,26)/t13-,14?,15?,16?,17?,18?,19?/m1/s1. The first kappa shape index (κ1) is 18.6. The molecule has 26 heavy (non-hydrogen) atoms. The first-order valence-corrected chi connectivity index (χ1v) is 10.8. The number of hydrogen-bond donors (Lipinski definition) is 3. The molecular weight excluding hydrogens is 331 g/mol. The van der Waals surface area contributed by atoms with Crippen LogP contribution in [0.2, 0.25) is 0 Å². The summed E-state index contributed by atoms with van der Waals surface area (Å²) in [5.74, 6) is 0.129. The Morgan fingerprint density at radius 3 is 2.77 bits per heavy atom. The molecule has 0 saturated carbocycles. The molecule has 0 aliphatic carbocycles. The van der Waals surface area contributed by atoms with Crippen LogP contribution in [0.15, 0.2) is 0 Å². The fourth-order valence-corrected chi connectivity index (χ4v) is 5.68. The second-order valence-corrected chi connectivity index (χ2v) is 8.92. The largest absolute Gasteiger partial charge is 0.352 e. The first-order valence-electron chi connectivity index (χ1n) is 10.8. The van der Waals surface area contributed by atoms with Gasteiger partial charge in [-0.2, -0.15) is 0 Å². The molecule has 3 N–H and O–H groups in total. The van der Waals surface area contributed by atoms with Gasteiger partial charge in [0.05, 0.1) is 12.1 Å². The van der Waals surface area contributed by atoms with Crippen molar-refractivity contribution in [2.24, 2.45) is 11.8 Å². The number of nitrogens with zero attached hydrogens (tertiary/aromatic N) is 1. The minimum Gasteiger partial charge on any atom is -0.352 e. The van der Waals surface area contributed by atoms with Crippen LogP contribution in [0.1, 0.15) is 58.3 Å². The number of hydrogen-bond acceptors (Lipinski definition) is 4. The third-order valence-electron chi connectivity index (χ3n) is 7.25. The monoisotopic (exact) mass is 366 g/mol. The summed E-state index contributed by atoms with van der Waals surface area (Å²) in [5.41, 5.74) is 0. The molecule has 0 aromatic carbocycles. The van der Waals surface area contributed by atoms with Gasteiger partial charge in [0.25, 0.3) is 0 Å². The van der Waals surface area contributed by atoms with Gasteiger partial charge in [0.2, 0.25) is 5.91 Å². The molecule has 0 spiro atoms. The Balaban J connectivity index is 1.50. The van der Waals surface area contributed by atoms with Crippen molar-refractivity contribution >= 4 is 5.91 Å². The fraction of sp³-hybridized carbons (Fsp3) is 0.950. The number of piperidine rings is 2. The lowest BCUT2D eigenvalue weighted by Crippen LogP contribution is -2.61. The predicted molar refractivity (Wildman–Crippen MR) is 100 cm³/mol. The zero-order valence-corrected chi connectivity index (χ0v) is 16.1. The van der Waals surface area contributed by atoms with Gasteiger partial charge in [-0.3, -0.25) is 15.0 Å². The van der Waals surface area contributed by atoms with E-state index in [2.05, 4.69) is 27.8 Å². The molecule has 4 heterocycles. The van der Waals surface area contributed by atoms with Crippen LogP contribution >= 0.6 is 0 Å². The normalized spacial score (nSPS) is 45.5. The van der Waals surface area contributed by atoms with Crippen molar-refractivity contribution < 1.29 is 9.18 Å². The van der Waals surface area contributed by atoms with Gasteiger partial charge >= 0.3 is 0 Å². The van der Waals surface area contributed by atoms with Crippen LogP contribution < -0.4 is 16.0 Å². The van der Waals surface area contributed by atoms with E-state index in [1.54, 1.807) is 0 Å². The Morgan fingerprint density at radius 1 is 1.00 bits per heavy atom.